The number of benzene rings is 3. The van der Waals surface area contributed by atoms with Gasteiger partial charge >= 0.3 is 11.1 Å². The van der Waals surface area contributed by atoms with Gasteiger partial charge in [-0.25, -0.2) is 0 Å². The third-order valence-corrected chi connectivity index (χ3v) is 5.19. The number of amides is 1. The van der Waals surface area contributed by atoms with Crippen molar-refractivity contribution in [2.45, 2.75) is 13.5 Å². The van der Waals surface area contributed by atoms with Gasteiger partial charge in [0.2, 0.25) is 0 Å². The summed E-state index contributed by atoms with van der Waals surface area (Å²) >= 11 is 0. The van der Waals surface area contributed by atoms with Crippen LogP contribution in [-0.2, 0) is 6.54 Å². The molecule has 0 fully saturated rings. The molecule has 0 unspecified atom stereocenters. The second-order valence-corrected chi connectivity index (χ2v) is 7.00. The van der Waals surface area contributed by atoms with Crippen molar-refractivity contribution in [3.63, 3.8) is 0 Å². The molecule has 3 aromatic carbocycles. The highest BCUT2D eigenvalue weighted by molar-refractivity contribution is 6.09. The van der Waals surface area contributed by atoms with Crippen LogP contribution in [0.25, 0.3) is 33.0 Å². The fourth-order valence-electron chi connectivity index (χ4n) is 3.74. The first-order chi connectivity index (χ1) is 14.5. The van der Waals surface area contributed by atoms with Crippen molar-refractivity contribution < 1.29 is 9.21 Å². The molecule has 30 heavy (non-hydrogen) atoms. The highest BCUT2D eigenvalue weighted by Gasteiger charge is 2.12. The second-order valence-electron chi connectivity index (χ2n) is 7.00. The Morgan fingerprint density at radius 1 is 1.00 bits per heavy atom. The van der Waals surface area contributed by atoms with E-state index in [-0.39, 0.29) is 5.91 Å². The lowest BCUT2D eigenvalue weighted by atomic mass is 10.1. The first kappa shape index (κ1) is 17.9. The number of para-hydroxylation sites is 1. The number of nitrogens with zero attached hydrogens (tertiary/aromatic N) is 1. The number of rotatable bonds is 3. The number of hydrogen-bond acceptors (Lipinski definition) is 4. The Bertz CT molecular complexity index is 1570. The van der Waals surface area contributed by atoms with Crippen LogP contribution in [-0.4, -0.2) is 15.5 Å². The number of furan rings is 1. The first-order valence-corrected chi connectivity index (χ1v) is 9.54. The third-order valence-electron chi connectivity index (χ3n) is 5.19. The number of carbonyl (C=O) groups is 1. The Morgan fingerprint density at radius 3 is 2.63 bits per heavy atom. The highest BCUT2D eigenvalue weighted by atomic mass is 16.3. The standard InChI is InChI=1S/C23H17N3O4/c1-2-26-18-9-7-13(11-17(18)25-22(28)23(26)29)21(27)24-14-8-10-20-16(12-14)15-5-3-4-6-19(15)30-20/h3-12H,2H2,1H3,(H,24,27)(H,25,28). The van der Waals surface area contributed by atoms with Gasteiger partial charge in [0.25, 0.3) is 5.91 Å². The molecule has 5 aromatic rings. The van der Waals surface area contributed by atoms with Crippen molar-refractivity contribution in [3.05, 3.63) is 86.9 Å². The van der Waals surface area contributed by atoms with Gasteiger partial charge in [0.15, 0.2) is 0 Å². The van der Waals surface area contributed by atoms with Gasteiger partial charge in [-0.3, -0.25) is 14.4 Å². The molecular formula is C23H17N3O4. The van der Waals surface area contributed by atoms with Gasteiger partial charge in [0.05, 0.1) is 11.0 Å². The average Bonchev–Trinajstić information content (AvgIpc) is 3.12. The van der Waals surface area contributed by atoms with Crippen LogP contribution in [0.1, 0.15) is 17.3 Å². The number of aromatic amines is 1. The minimum absolute atomic E-state index is 0.320. The van der Waals surface area contributed by atoms with E-state index in [0.717, 1.165) is 21.9 Å². The van der Waals surface area contributed by atoms with Crippen molar-refractivity contribution in [1.82, 2.24) is 9.55 Å². The molecule has 0 atom stereocenters. The van der Waals surface area contributed by atoms with Crippen LogP contribution in [0.5, 0.6) is 0 Å². The van der Waals surface area contributed by atoms with E-state index in [1.807, 2.05) is 36.4 Å². The van der Waals surface area contributed by atoms with Gasteiger partial charge in [0, 0.05) is 28.6 Å². The van der Waals surface area contributed by atoms with E-state index in [9.17, 15) is 14.4 Å². The minimum Gasteiger partial charge on any atom is -0.456 e. The molecule has 2 N–H and O–H groups in total. The van der Waals surface area contributed by atoms with E-state index >= 15 is 0 Å². The lowest BCUT2D eigenvalue weighted by Gasteiger charge is -2.09. The van der Waals surface area contributed by atoms with Crippen LogP contribution >= 0.6 is 0 Å². The van der Waals surface area contributed by atoms with Gasteiger partial charge in [0.1, 0.15) is 11.2 Å². The Morgan fingerprint density at radius 2 is 1.80 bits per heavy atom. The molecule has 0 radical (unpaired) electrons. The maximum Gasteiger partial charge on any atom is 0.316 e. The topological polar surface area (TPSA) is 97.1 Å². The molecule has 0 aliphatic rings. The van der Waals surface area contributed by atoms with Crippen LogP contribution in [0.3, 0.4) is 0 Å². The number of fused-ring (bicyclic) bond motifs is 4. The van der Waals surface area contributed by atoms with E-state index in [0.29, 0.717) is 28.8 Å². The van der Waals surface area contributed by atoms with Crippen molar-refractivity contribution >= 4 is 44.6 Å². The molecule has 0 saturated heterocycles. The van der Waals surface area contributed by atoms with Gasteiger partial charge in [-0.1, -0.05) is 18.2 Å². The summed E-state index contributed by atoms with van der Waals surface area (Å²) in [7, 11) is 0. The first-order valence-electron chi connectivity index (χ1n) is 9.54. The fraction of sp³-hybridized carbons (Fsp3) is 0.0870. The molecule has 0 aliphatic heterocycles. The van der Waals surface area contributed by atoms with Crippen molar-refractivity contribution in [2.75, 3.05) is 5.32 Å². The Labute approximate surface area is 169 Å². The molecule has 1 amide bonds. The van der Waals surface area contributed by atoms with Crippen molar-refractivity contribution in [2.24, 2.45) is 0 Å². The summed E-state index contributed by atoms with van der Waals surface area (Å²) in [6.45, 7) is 2.15. The molecular weight excluding hydrogens is 382 g/mol. The number of aryl methyl sites for hydroxylation is 1. The monoisotopic (exact) mass is 399 g/mol. The van der Waals surface area contributed by atoms with Crippen molar-refractivity contribution in [1.29, 1.82) is 0 Å². The molecule has 0 bridgehead atoms. The predicted octanol–water partition coefficient (Wildman–Crippen LogP) is 3.86. The summed E-state index contributed by atoms with van der Waals surface area (Å²) in [4.78, 5) is 39.2. The summed E-state index contributed by atoms with van der Waals surface area (Å²) in [5, 5.41) is 4.77. The average molecular weight is 399 g/mol. The molecule has 7 nitrogen and oxygen atoms in total. The normalized spacial score (nSPS) is 11.4. The summed E-state index contributed by atoms with van der Waals surface area (Å²) in [5.41, 5.74) is 2.23. The lowest BCUT2D eigenvalue weighted by molar-refractivity contribution is 0.102. The molecule has 2 aromatic heterocycles. The zero-order valence-corrected chi connectivity index (χ0v) is 16.1. The SMILES string of the molecule is CCn1c(=O)c(=O)[nH]c2cc(C(=O)Nc3ccc4oc5ccccc5c4c3)ccc21. The molecule has 0 spiro atoms. The fourth-order valence-corrected chi connectivity index (χ4v) is 3.74. The Hall–Kier alpha value is -4.13. The predicted molar refractivity (Wildman–Crippen MR) is 116 cm³/mol. The van der Waals surface area contributed by atoms with Crippen LogP contribution in [0.4, 0.5) is 5.69 Å². The van der Waals surface area contributed by atoms with Gasteiger partial charge < -0.3 is 19.3 Å². The quantitative estimate of drug-likeness (QED) is 0.450. The van der Waals surface area contributed by atoms with Crippen LogP contribution in [0.2, 0.25) is 0 Å². The molecule has 2 heterocycles. The van der Waals surface area contributed by atoms with Crippen LogP contribution in [0.15, 0.2) is 74.7 Å². The third kappa shape index (κ3) is 2.79. The zero-order chi connectivity index (χ0) is 20.8. The lowest BCUT2D eigenvalue weighted by Crippen LogP contribution is -2.36. The van der Waals surface area contributed by atoms with Gasteiger partial charge in [-0.05, 0) is 49.4 Å². The van der Waals surface area contributed by atoms with Crippen LogP contribution in [0, 0.1) is 0 Å². The summed E-state index contributed by atoms with van der Waals surface area (Å²) < 4.78 is 7.20. The number of aromatic nitrogens is 2. The van der Waals surface area contributed by atoms with Gasteiger partial charge in [-0.15, -0.1) is 0 Å². The zero-order valence-electron chi connectivity index (χ0n) is 16.1. The smallest absolute Gasteiger partial charge is 0.316 e. The second kappa shape index (κ2) is 6.73. The highest BCUT2D eigenvalue weighted by Crippen LogP contribution is 2.30. The van der Waals surface area contributed by atoms with E-state index in [4.69, 9.17) is 4.42 Å². The molecule has 148 valence electrons. The molecule has 7 heteroatoms. The van der Waals surface area contributed by atoms with Crippen LogP contribution < -0.4 is 16.4 Å². The number of nitrogens with one attached hydrogen (secondary N) is 2. The summed E-state index contributed by atoms with van der Waals surface area (Å²) in [6, 6.07) is 18.1. The largest absolute Gasteiger partial charge is 0.456 e. The Balaban J connectivity index is 1.52. The van der Waals surface area contributed by atoms with E-state index < -0.39 is 11.1 Å². The van der Waals surface area contributed by atoms with E-state index in [1.54, 1.807) is 31.2 Å². The van der Waals surface area contributed by atoms with Crippen molar-refractivity contribution in [3.8, 4) is 0 Å². The maximum absolute atomic E-state index is 12.8. The number of hydrogen-bond donors (Lipinski definition) is 2. The maximum atomic E-state index is 12.8. The number of anilines is 1. The molecule has 0 aliphatic carbocycles. The Kier molecular flexibility index (Phi) is 4.03. The molecule has 5 rings (SSSR count). The summed E-state index contributed by atoms with van der Waals surface area (Å²) in [6.07, 6.45) is 0. The summed E-state index contributed by atoms with van der Waals surface area (Å²) in [5.74, 6) is -0.320. The van der Waals surface area contributed by atoms with E-state index in [1.165, 1.54) is 4.57 Å². The number of H-pyrrole nitrogens is 1. The van der Waals surface area contributed by atoms with E-state index in [2.05, 4.69) is 10.3 Å². The molecule has 0 saturated carbocycles. The van der Waals surface area contributed by atoms with Gasteiger partial charge in [-0.2, -0.15) is 0 Å². The number of carbonyl (C=O) groups excluding carboxylic acids is 1. The minimum atomic E-state index is -0.709.